The number of fused-ring (bicyclic) bond motifs is 1. The van der Waals surface area contributed by atoms with Crippen molar-refractivity contribution in [3.05, 3.63) is 57.3 Å². The van der Waals surface area contributed by atoms with Gasteiger partial charge in [0.25, 0.3) is 0 Å². The molecule has 11 heteroatoms. The first-order chi connectivity index (χ1) is 16.0. The third-order valence-electron chi connectivity index (χ3n) is 6.00. The van der Waals surface area contributed by atoms with Crippen molar-refractivity contribution in [1.29, 1.82) is 0 Å². The number of halogens is 3. The summed E-state index contributed by atoms with van der Waals surface area (Å²) in [5.41, 5.74) is 1.83. The first-order valence-corrected chi connectivity index (χ1v) is 11.5. The van der Waals surface area contributed by atoms with Crippen LogP contribution in [0.2, 0.25) is 0 Å². The van der Waals surface area contributed by atoms with E-state index in [9.17, 15) is 27.6 Å². The highest BCUT2D eigenvalue weighted by atomic mass is 32.1. The number of anilines is 1. The molecule has 0 unspecified atom stereocenters. The van der Waals surface area contributed by atoms with Crippen LogP contribution in [0.1, 0.15) is 46.4 Å². The predicted molar refractivity (Wildman–Crippen MR) is 122 cm³/mol. The number of benzene rings is 1. The Balaban J connectivity index is 1.40. The van der Waals surface area contributed by atoms with E-state index in [1.165, 1.54) is 30.4 Å². The fourth-order valence-electron chi connectivity index (χ4n) is 4.21. The van der Waals surface area contributed by atoms with Gasteiger partial charge in [0.2, 0.25) is 11.8 Å². The van der Waals surface area contributed by atoms with Gasteiger partial charge in [-0.1, -0.05) is 12.6 Å². The number of hydrogen-bond donors (Lipinski definition) is 3. The van der Waals surface area contributed by atoms with E-state index in [4.69, 9.17) is 0 Å². The highest BCUT2D eigenvalue weighted by Gasteiger charge is 2.36. The zero-order valence-electron chi connectivity index (χ0n) is 18.3. The van der Waals surface area contributed by atoms with Crippen LogP contribution >= 0.6 is 11.3 Å². The van der Waals surface area contributed by atoms with E-state index in [-0.39, 0.29) is 29.6 Å². The van der Waals surface area contributed by atoms with Crippen LogP contribution in [0.5, 0.6) is 0 Å². The predicted octanol–water partition coefficient (Wildman–Crippen LogP) is 4.38. The third-order valence-corrected chi connectivity index (χ3v) is 7.03. The molecular formula is C23H23F3N4O3S. The van der Waals surface area contributed by atoms with E-state index >= 15 is 0 Å². The molecule has 4 amide bonds. The Morgan fingerprint density at radius 2 is 2.09 bits per heavy atom. The number of urea groups is 1. The minimum atomic E-state index is -4.51. The highest BCUT2D eigenvalue weighted by Crippen LogP contribution is 2.40. The van der Waals surface area contributed by atoms with Gasteiger partial charge in [-0.05, 0) is 43.0 Å². The van der Waals surface area contributed by atoms with Gasteiger partial charge in [0.05, 0.1) is 12.1 Å². The Bertz CT molecular complexity index is 1170. The van der Waals surface area contributed by atoms with Gasteiger partial charge >= 0.3 is 12.2 Å². The highest BCUT2D eigenvalue weighted by molar-refractivity contribution is 7.10. The van der Waals surface area contributed by atoms with Crippen molar-refractivity contribution >= 4 is 40.6 Å². The summed E-state index contributed by atoms with van der Waals surface area (Å²) >= 11 is 1.43. The third kappa shape index (κ3) is 4.79. The quantitative estimate of drug-likeness (QED) is 0.553. The minimum Gasteiger partial charge on any atom is -0.355 e. The first-order valence-electron chi connectivity index (χ1n) is 10.7. The van der Waals surface area contributed by atoms with Crippen LogP contribution in [0.25, 0.3) is 5.70 Å². The summed E-state index contributed by atoms with van der Waals surface area (Å²) in [6.07, 6.45) is -3.07. The van der Waals surface area contributed by atoms with E-state index in [2.05, 4.69) is 22.5 Å². The van der Waals surface area contributed by atoms with Gasteiger partial charge in [-0.2, -0.15) is 13.2 Å². The van der Waals surface area contributed by atoms with Gasteiger partial charge in [0.15, 0.2) is 0 Å². The Morgan fingerprint density at radius 1 is 1.32 bits per heavy atom. The molecule has 1 atom stereocenters. The van der Waals surface area contributed by atoms with Gasteiger partial charge in [0, 0.05) is 40.2 Å². The zero-order valence-corrected chi connectivity index (χ0v) is 19.2. The molecule has 0 aliphatic carbocycles. The molecule has 180 valence electrons. The number of aryl methyl sites for hydroxylation is 1. The smallest absolute Gasteiger partial charge is 0.355 e. The molecule has 2 aliphatic heterocycles. The second kappa shape index (κ2) is 9.13. The summed E-state index contributed by atoms with van der Waals surface area (Å²) in [4.78, 5) is 39.2. The average molecular weight is 493 g/mol. The van der Waals surface area contributed by atoms with Gasteiger partial charge < -0.3 is 15.5 Å². The summed E-state index contributed by atoms with van der Waals surface area (Å²) < 4.78 is 39.3. The molecular weight excluding hydrogens is 469 g/mol. The van der Waals surface area contributed by atoms with E-state index in [0.29, 0.717) is 31.5 Å². The number of alkyl halides is 3. The lowest BCUT2D eigenvalue weighted by molar-refractivity contribution is -0.138. The summed E-state index contributed by atoms with van der Waals surface area (Å²) in [5, 5.41) is 9.43. The Kier molecular flexibility index (Phi) is 6.39. The summed E-state index contributed by atoms with van der Waals surface area (Å²) in [5.74, 6) is -0.619. The van der Waals surface area contributed by atoms with Crippen LogP contribution in [0.4, 0.5) is 23.7 Å². The largest absolute Gasteiger partial charge is 0.416 e. The molecule has 7 nitrogen and oxygen atoms in total. The van der Waals surface area contributed by atoms with Gasteiger partial charge in [-0.25, -0.2) is 4.79 Å². The lowest BCUT2D eigenvalue weighted by Crippen LogP contribution is -2.44. The number of imide groups is 1. The number of carbonyl (C=O) groups excluding carboxylic acids is 3. The second-order valence-corrected chi connectivity index (χ2v) is 9.25. The molecule has 1 fully saturated rings. The SMILES string of the molecule is C=C1c2csc(CNC(=O)Nc3ccc(C)c(C(F)(F)F)c3)c2CN1[C@H]1CCCC(=O)NC1=O. The number of carbonyl (C=O) groups is 3. The second-order valence-electron chi connectivity index (χ2n) is 8.28. The van der Waals surface area contributed by atoms with E-state index < -0.39 is 23.8 Å². The number of hydrogen-bond acceptors (Lipinski definition) is 5. The van der Waals surface area contributed by atoms with Crippen LogP contribution in [-0.4, -0.2) is 28.8 Å². The van der Waals surface area contributed by atoms with Gasteiger partial charge in [-0.15, -0.1) is 11.3 Å². The molecule has 1 aromatic heterocycles. The van der Waals surface area contributed by atoms with Crippen molar-refractivity contribution in [2.75, 3.05) is 5.32 Å². The normalized spacial score (nSPS) is 18.4. The molecule has 2 aliphatic rings. The molecule has 0 bridgehead atoms. The Hall–Kier alpha value is -3.34. The molecule has 1 aromatic carbocycles. The minimum absolute atomic E-state index is 0.0420. The number of thiophene rings is 1. The molecule has 2 aromatic rings. The number of nitrogens with zero attached hydrogens (tertiary/aromatic N) is 1. The van der Waals surface area contributed by atoms with E-state index in [0.717, 1.165) is 22.1 Å². The topological polar surface area (TPSA) is 90.5 Å². The molecule has 3 N–H and O–H groups in total. The lowest BCUT2D eigenvalue weighted by atomic mass is 10.1. The maximum Gasteiger partial charge on any atom is 0.416 e. The first kappa shape index (κ1) is 23.8. The lowest BCUT2D eigenvalue weighted by Gasteiger charge is -2.28. The van der Waals surface area contributed by atoms with Crippen LogP contribution in [-0.2, 0) is 28.9 Å². The zero-order chi connectivity index (χ0) is 24.6. The van der Waals surface area contributed by atoms with Crippen LogP contribution in [0.3, 0.4) is 0 Å². The summed E-state index contributed by atoms with van der Waals surface area (Å²) in [6, 6.07) is 2.50. The molecule has 4 rings (SSSR count). The fraction of sp³-hybridized carbons (Fsp3) is 0.348. The standard InChI is InChI=1S/C23H23F3N4O3S/c1-12-6-7-14(8-17(12)23(24,25)26)28-22(33)27-9-19-15-10-30(13(2)16(15)11-34-19)18-4-3-5-20(31)29-21(18)32/h6-8,11,18H,2-5,9-10H2,1H3,(H2,27,28,33)(H,29,31,32)/t18-/m0/s1. The van der Waals surface area contributed by atoms with Gasteiger partial charge in [-0.3, -0.25) is 14.9 Å². The molecule has 34 heavy (non-hydrogen) atoms. The van der Waals surface area contributed by atoms with Crippen molar-refractivity contribution in [3.8, 4) is 0 Å². The number of amides is 4. The van der Waals surface area contributed by atoms with Crippen molar-refractivity contribution < 1.29 is 27.6 Å². The maximum atomic E-state index is 13.1. The Labute approximate surface area is 198 Å². The summed E-state index contributed by atoms with van der Waals surface area (Å²) in [7, 11) is 0. The molecule has 0 radical (unpaired) electrons. The average Bonchev–Trinajstić information content (AvgIpc) is 3.24. The molecule has 0 saturated carbocycles. The molecule has 1 saturated heterocycles. The monoisotopic (exact) mass is 492 g/mol. The van der Waals surface area contributed by atoms with Crippen LogP contribution in [0, 0.1) is 6.92 Å². The number of rotatable bonds is 4. The summed E-state index contributed by atoms with van der Waals surface area (Å²) in [6.45, 7) is 6.06. The molecule has 0 spiro atoms. The molecule has 3 heterocycles. The van der Waals surface area contributed by atoms with Crippen molar-refractivity contribution in [2.24, 2.45) is 0 Å². The maximum absolute atomic E-state index is 13.1. The van der Waals surface area contributed by atoms with Crippen LogP contribution < -0.4 is 16.0 Å². The van der Waals surface area contributed by atoms with Crippen LogP contribution in [0.15, 0.2) is 30.2 Å². The number of nitrogens with one attached hydrogen (secondary N) is 3. The van der Waals surface area contributed by atoms with Crippen molar-refractivity contribution in [2.45, 2.75) is 51.5 Å². The van der Waals surface area contributed by atoms with E-state index in [1.54, 1.807) is 0 Å². The Morgan fingerprint density at radius 3 is 2.82 bits per heavy atom. The van der Waals surface area contributed by atoms with Crippen molar-refractivity contribution in [3.63, 3.8) is 0 Å². The fourth-order valence-corrected chi connectivity index (χ4v) is 5.22. The van der Waals surface area contributed by atoms with Gasteiger partial charge in [0.1, 0.15) is 6.04 Å². The van der Waals surface area contributed by atoms with E-state index in [1.807, 2.05) is 10.3 Å². The van der Waals surface area contributed by atoms with Crippen molar-refractivity contribution in [1.82, 2.24) is 15.5 Å².